The van der Waals surface area contributed by atoms with Crippen molar-refractivity contribution in [3.8, 4) is 0 Å². The molecular formula is C14H20N2O3. The van der Waals surface area contributed by atoms with Crippen molar-refractivity contribution < 1.29 is 14.2 Å². The predicted molar refractivity (Wildman–Crippen MR) is 72.8 cm³/mol. The molecule has 2 rings (SSSR count). The molecule has 0 N–H and O–H groups in total. The molecule has 1 aromatic carbocycles. The lowest BCUT2D eigenvalue weighted by Gasteiger charge is -2.28. The Hall–Kier alpha value is -1.43. The number of nitrogens with zero attached hydrogens (tertiary/aromatic N) is 2. The number of ether oxygens (including phenoxy) is 3. The lowest BCUT2D eigenvalue weighted by Crippen LogP contribution is -2.36. The van der Waals surface area contributed by atoms with Gasteiger partial charge in [-0.15, -0.1) is 0 Å². The van der Waals surface area contributed by atoms with Crippen LogP contribution in [0.1, 0.15) is 12.0 Å². The van der Waals surface area contributed by atoms with Crippen molar-refractivity contribution in [3.63, 3.8) is 0 Å². The SMILES string of the molecule is COC(CCc1ccc2c(c1)ncn2C)(OC)OC. The van der Waals surface area contributed by atoms with Crippen LogP contribution in [-0.4, -0.2) is 36.9 Å². The molecule has 5 nitrogen and oxygen atoms in total. The summed E-state index contributed by atoms with van der Waals surface area (Å²) in [6, 6.07) is 6.25. The molecule has 5 heteroatoms. The van der Waals surface area contributed by atoms with Gasteiger partial charge in [0.2, 0.25) is 0 Å². The van der Waals surface area contributed by atoms with E-state index in [4.69, 9.17) is 14.2 Å². The van der Waals surface area contributed by atoms with Gasteiger partial charge in [-0.25, -0.2) is 4.98 Å². The largest absolute Gasteiger partial charge is 0.334 e. The molecule has 0 spiro atoms. The minimum absolute atomic E-state index is 0.620. The molecule has 1 aromatic heterocycles. The van der Waals surface area contributed by atoms with Crippen LogP contribution in [0.25, 0.3) is 11.0 Å². The maximum atomic E-state index is 5.29. The van der Waals surface area contributed by atoms with E-state index < -0.39 is 5.97 Å². The van der Waals surface area contributed by atoms with Crippen LogP contribution in [0.2, 0.25) is 0 Å². The van der Waals surface area contributed by atoms with E-state index in [9.17, 15) is 0 Å². The Morgan fingerprint density at radius 2 is 1.84 bits per heavy atom. The summed E-state index contributed by atoms with van der Waals surface area (Å²) < 4.78 is 17.9. The number of hydrogen-bond acceptors (Lipinski definition) is 4. The zero-order valence-electron chi connectivity index (χ0n) is 11.8. The third-order valence-electron chi connectivity index (χ3n) is 3.44. The van der Waals surface area contributed by atoms with Crippen molar-refractivity contribution in [3.05, 3.63) is 30.1 Å². The van der Waals surface area contributed by atoms with Crippen molar-refractivity contribution in [2.24, 2.45) is 7.05 Å². The zero-order valence-corrected chi connectivity index (χ0v) is 11.8. The molecule has 104 valence electrons. The number of aromatic nitrogens is 2. The second-order valence-corrected chi connectivity index (χ2v) is 4.47. The zero-order chi connectivity index (χ0) is 13.9. The highest BCUT2D eigenvalue weighted by Gasteiger charge is 2.28. The van der Waals surface area contributed by atoms with Crippen molar-refractivity contribution in [1.29, 1.82) is 0 Å². The van der Waals surface area contributed by atoms with Crippen LogP contribution in [0.15, 0.2) is 24.5 Å². The Kier molecular flexibility index (Phi) is 4.19. The van der Waals surface area contributed by atoms with Crippen LogP contribution in [0.3, 0.4) is 0 Å². The molecule has 0 amide bonds. The fourth-order valence-corrected chi connectivity index (χ4v) is 2.19. The van der Waals surface area contributed by atoms with Crippen molar-refractivity contribution in [2.75, 3.05) is 21.3 Å². The summed E-state index contributed by atoms with van der Waals surface area (Å²) in [5.41, 5.74) is 3.31. The number of benzene rings is 1. The van der Waals surface area contributed by atoms with E-state index in [1.54, 1.807) is 21.3 Å². The highest BCUT2D eigenvalue weighted by atomic mass is 16.9. The molecule has 19 heavy (non-hydrogen) atoms. The molecule has 0 aliphatic heterocycles. The van der Waals surface area contributed by atoms with Crippen molar-refractivity contribution >= 4 is 11.0 Å². The first-order valence-corrected chi connectivity index (χ1v) is 6.19. The monoisotopic (exact) mass is 264 g/mol. The van der Waals surface area contributed by atoms with E-state index in [1.807, 2.05) is 17.9 Å². The lowest BCUT2D eigenvalue weighted by atomic mass is 10.1. The highest BCUT2D eigenvalue weighted by molar-refractivity contribution is 5.75. The van der Waals surface area contributed by atoms with E-state index in [0.29, 0.717) is 6.42 Å². The molecule has 0 aliphatic rings. The molecule has 0 radical (unpaired) electrons. The van der Waals surface area contributed by atoms with Gasteiger partial charge in [0.25, 0.3) is 5.97 Å². The minimum Gasteiger partial charge on any atom is -0.334 e. The topological polar surface area (TPSA) is 45.5 Å². The first-order valence-electron chi connectivity index (χ1n) is 6.19. The van der Waals surface area contributed by atoms with Crippen molar-refractivity contribution in [1.82, 2.24) is 9.55 Å². The standard InChI is InChI=1S/C14H20N2O3/c1-16-10-15-12-9-11(5-6-13(12)16)7-8-14(17-2,18-3)19-4/h5-6,9-10H,7-8H2,1-4H3. The van der Waals surface area contributed by atoms with Gasteiger partial charge in [-0.3, -0.25) is 0 Å². The summed E-state index contributed by atoms with van der Waals surface area (Å²) in [4.78, 5) is 4.35. The first-order chi connectivity index (χ1) is 9.14. The third kappa shape index (κ3) is 2.78. The number of imidazole rings is 1. The van der Waals surface area contributed by atoms with Crippen LogP contribution in [-0.2, 0) is 27.7 Å². The quantitative estimate of drug-likeness (QED) is 0.750. The van der Waals surface area contributed by atoms with Crippen LogP contribution >= 0.6 is 0 Å². The predicted octanol–water partition coefficient (Wildman–Crippen LogP) is 2.10. The Morgan fingerprint density at radius 3 is 2.47 bits per heavy atom. The minimum atomic E-state index is -0.973. The smallest absolute Gasteiger partial charge is 0.282 e. The second kappa shape index (κ2) is 5.69. The molecule has 2 aromatic rings. The molecule has 0 unspecified atom stereocenters. The van der Waals surface area contributed by atoms with Crippen molar-refractivity contribution in [2.45, 2.75) is 18.8 Å². The molecule has 0 fully saturated rings. The number of fused-ring (bicyclic) bond motifs is 1. The first kappa shape index (κ1) is 14.0. The average molecular weight is 264 g/mol. The normalized spacial score (nSPS) is 12.2. The Morgan fingerprint density at radius 1 is 1.16 bits per heavy atom. The fourth-order valence-electron chi connectivity index (χ4n) is 2.19. The molecule has 0 atom stereocenters. The van der Waals surface area contributed by atoms with Gasteiger partial charge < -0.3 is 18.8 Å². The Bertz CT molecular complexity index is 538. The van der Waals surface area contributed by atoms with Gasteiger partial charge in [0.15, 0.2) is 0 Å². The van der Waals surface area contributed by atoms with E-state index >= 15 is 0 Å². The van der Waals surface area contributed by atoms with Gasteiger partial charge >= 0.3 is 0 Å². The van der Waals surface area contributed by atoms with E-state index in [0.717, 1.165) is 17.5 Å². The van der Waals surface area contributed by atoms with E-state index in [1.165, 1.54) is 5.56 Å². The molecule has 0 bridgehead atoms. The maximum absolute atomic E-state index is 5.29. The van der Waals surface area contributed by atoms with Gasteiger partial charge in [-0.2, -0.15) is 0 Å². The fraction of sp³-hybridized carbons (Fsp3) is 0.500. The van der Waals surface area contributed by atoms with Crippen LogP contribution in [0, 0.1) is 0 Å². The van der Waals surface area contributed by atoms with Gasteiger partial charge in [-0.1, -0.05) is 6.07 Å². The average Bonchev–Trinajstić information content (AvgIpc) is 2.82. The highest BCUT2D eigenvalue weighted by Crippen LogP contribution is 2.21. The summed E-state index contributed by atoms with van der Waals surface area (Å²) in [5.74, 6) is -0.973. The lowest BCUT2D eigenvalue weighted by molar-refractivity contribution is -0.354. The summed E-state index contributed by atoms with van der Waals surface area (Å²) in [7, 11) is 6.72. The number of methoxy groups -OCH3 is 3. The maximum Gasteiger partial charge on any atom is 0.282 e. The van der Waals surface area contributed by atoms with Crippen LogP contribution in [0.5, 0.6) is 0 Å². The molecular weight excluding hydrogens is 244 g/mol. The van der Waals surface area contributed by atoms with Gasteiger partial charge in [-0.05, 0) is 24.1 Å². The molecule has 1 heterocycles. The van der Waals surface area contributed by atoms with Gasteiger partial charge in [0.05, 0.1) is 17.4 Å². The third-order valence-corrected chi connectivity index (χ3v) is 3.44. The van der Waals surface area contributed by atoms with Crippen LogP contribution in [0.4, 0.5) is 0 Å². The number of hydrogen-bond donors (Lipinski definition) is 0. The summed E-state index contributed by atoms with van der Waals surface area (Å²) in [6.45, 7) is 0. The van der Waals surface area contributed by atoms with Crippen LogP contribution < -0.4 is 0 Å². The summed E-state index contributed by atoms with van der Waals surface area (Å²) in [5, 5.41) is 0. The number of aryl methyl sites for hydroxylation is 2. The molecule has 0 saturated carbocycles. The molecule has 0 aliphatic carbocycles. The van der Waals surface area contributed by atoms with E-state index in [-0.39, 0.29) is 0 Å². The van der Waals surface area contributed by atoms with E-state index in [2.05, 4.69) is 23.2 Å². The summed E-state index contributed by atoms with van der Waals surface area (Å²) >= 11 is 0. The Labute approximate surface area is 113 Å². The summed E-state index contributed by atoms with van der Waals surface area (Å²) in [6.07, 6.45) is 3.23. The van der Waals surface area contributed by atoms with Gasteiger partial charge in [0.1, 0.15) is 0 Å². The van der Waals surface area contributed by atoms with Gasteiger partial charge in [0, 0.05) is 34.8 Å². The Balaban J connectivity index is 2.13. The molecule has 0 saturated heterocycles. The number of rotatable bonds is 6. The second-order valence-electron chi connectivity index (χ2n) is 4.47.